The molecule has 2 atom stereocenters. The van der Waals surface area contributed by atoms with E-state index in [1.807, 2.05) is 0 Å². The molecule has 1 aromatic heterocycles. The summed E-state index contributed by atoms with van der Waals surface area (Å²) in [5, 5.41) is 22.4. The molecule has 0 aliphatic heterocycles. The quantitative estimate of drug-likeness (QED) is 0.816. The maximum absolute atomic E-state index is 12.7. The lowest BCUT2D eigenvalue weighted by Gasteiger charge is -2.27. The van der Waals surface area contributed by atoms with Gasteiger partial charge in [-0.25, -0.2) is 0 Å². The minimum atomic E-state index is -0.891. The first kappa shape index (κ1) is 17.0. The van der Waals surface area contributed by atoms with Crippen LogP contribution in [0.25, 0.3) is 0 Å². The molecule has 1 saturated carbocycles. The molecule has 2 aliphatic carbocycles. The lowest BCUT2D eigenvalue weighted by molar-refractivity contribution is -0.147. The van der Waals surface area contributed by atoms with E-state index in [0.717, 1.165) is 44.1 Å². The van der Waals surface area contributed by atoms with Gasteiger partial charge < -0.3 is 10.4 Å². The first-order chi connectivity index (χ1) is 11.6. The maximum Gasteiger partial charge on any atom is 0.307 e. The number of nitriles is 1. The molecule has 0 spiro atoms. The van der Waals surface area contributed by atoms with E-state index >= 15 is 0 Å². The number of hydrogen-bond donors (Lipinski definition) is 2. The molecule has 1 heterocycles. The van der Waals surface area contributed by atoms with Crippen molar-refractivity contribution in [2.75, 3.05) is 5.32 Å². The number of nitrogens with zero attached hydrogens (tertiary/aromatic N) is 1. The molecule has 24 heavy (non-hydrogen) atoms. The van der Waals surface area contributed by atoms with Crippen molar-refractivity contribution in [2.45, 2.75) is 57.8 Å². The van der Waals surface area contributed by atoms with Crippen molar-refractivity contribution in [3.05, 3.63) is 16.0 Å². The maximum atomic E-state index is 12.7. The number of carbonyl (C=O) groups excluding carboxylic acids is 1. The van der Waals surface area contributed by atoms with Crippen molar-refractivity contribution in [3.63, 3.8) is 0 Å². The highest BCUT2D eigenvalue weighted by molar-refractivity contribution is 7.16. The monoisotopic (exact) mass is 346 g/mol. The SMILES string of the molecule is N#Cc1c(NC(=O)[C@@H]2CCCC[C@@H]2C(=O)O)sc2c1CCCCC2. The third-order valence-corrected chi connectivity index (χ3v) is 6.40. The number of carbonyl (C=O) groups is 2. The van der Waals surface area contributed by atoms with Gasteiger partial charge in [0.05, 0.1) is 17.4 Å². The molecule has 2 aliphatic rings. The third kappa shape index (κ3) is 3.32. The van der Waals surface area contributed by atoms with Crippen LogP contribution in [0.4, 0.5) is 5.00 Å². The van der Waals surface area contributed by atoms with Crippen LogP contribution in [0.2, 0.25) is 0 Å². The Kier molecular flexibility index (Phi) is 5.20. The van der Waals surface area contributed by atoms with Gasteiger partial charge in [0, 0.05) is 4.88 Å². The van der Waals surface area contributed by atoms with Crippen molar-refractivity contribution in [2.24, 2.45) is 11.8 Å². The van der Waals surface area contributed by atoms with E-state index in [0.29, 0.717) is 23.4 Å². The van der Waals surface area contributed by atoms with Crippen molar-refractivity contribution >= 4 is 28.2 Å². The van der Waals surface area contributed by atoms with Crippen LogP contribution in [0.15, 0.2) is 0 Å². The van der Waals surface area contributed by atoms with Crippen LogP contribution < -0.4 is 5.32 Å². The number of amides is 1. The highest BCUT2D eigenvalue weighted by Gasteiger charge is 2.36. The van der Waals surface area contributed by atoms with Gasteiger partial charge in [0.15, 0.2) is 0 Å². The number of aliphatic carboxylic acids is 1. The molecule has 0 radical (unpaired) electrons. The minimum Gasteiger partial charge on any atom is -0.481 e. The Morgan fingerprint density at radius 2 is 1.79 bits per heavy atom. The molecule has 0 aromatic carbocycles. The summed E-state index contributed by atoms with van der Waals surface area (Å²) < 4.78 is 0. The molecule has 0 saturated heterocycles. The Labute approximate surface area is 145 Å². The Morgan fingerprint density at radius 1 is 1.08 bits per heavy atom. The summed E-state index contributed by atoms with van der Waals surface area (Å²) in [7, 11) is 0. The first-order valence-corrected chi connectivity index (χ1v) is 9.51. The molecule has 0 unspecified atom stereocenters. The third-order valence-electron chi connectivity index (χ3n) is 5.19. The number of aryl methyl sites for hydroxylation is 1. The molecule has 1 fully saturated rings. The zero-order chi connectivity index (χ0) is 17.1. The Morgan fingerprint density at radius 3 is 2.50 bits per heavy atom. The summed E-state index contributed by atoms with van der Waals surface area (Å²) in [5.74, 6) is -2.24. The summed E-state index contributed by atoms with van der Waals surface area (Å²) >= 11 is 1.50. The van der Waals surface area contributed by atoms with Gasteiger partial charge in [-0.05, 0) is 44.1 Å². The number of carboxylic acids is 1. The van der Waals surface area contributed by atoms with Gasteiger partial charge in [0.2, 0.25) is 5.91 Å². The fourth-order valence-corrected chi connectivity index (χ4v) is 5.14. The molecule has 128 valence electrons. The van der Waals surface area contributed by atoms with Crippen LogP contribution in [0, 0.1) is 23.2 Å². The number of thiophene rings is 1. The molecular weight excluding hydrogens is 324 g/mol. The summed E-state index contributed by atoms with van der Waals surface area (Å²) in [6, 6.07) is 2.25. The lowest BCUT2D eigenvalue weighted by atomic mass is 9.79. The number of carboxylic acid groups (broad SMARTS) is 1. The van der Waals surface area contributed by atoms with Gasteiger partial charge in [0.25, 0.3) is 0 Å². The smallest absolute Gasteiger partial charge is 0.307 e. The van der Waals surface area contributed by atoms with E-state index in [-0.39, 0.29) is 5.91 Å². The number of hydrogen-bond acceptors (Lipinski definition) is 4. The van der Waals surface area contributed by atoms with E-state index in [9.17, 15) is 20.0 Å². The standard InChI is InChI=1S/C18H22N2O3S/c19-10-14-11-6-2-1-3-9-15(11)24-17(14)20-16(21)12-7-4-5-8-13(12)18(22)23/h12-13H,1-9H2,(H,20,21)(H,22,23)/t12-,13+/m1/s1. The summed E-state index contributed by atoms with van der Waals surface area (Å²) in [5.41, 5.74) is 1.68. The van der Waals surface area contributed by atoms with Crippen molar-refractivity contribution in [1.82, 2.24) is 0 Å². The van der Waals surface area contributed by atoms with Crippen LogP contribution in [-0.4, -0.2) is 17.0 Å². The number of anilines is 1. The van der Waals surface area contributed by atoms with Gasteiger partial charge in [-0.15, -0.1) is 11.3 Å². The zero-order valence-electron chi connectivity index (χ0n) is 13.6. The highest BCUT2D eigenvalue weighted by atomic mass is 32.1. The summed E-state index contributed by atoms with van der Waals surface area (Å²) in [6.07, 6.45) is 8.14. The van der Waals surface area contributed by atoms with E-state index in [2.05, 4.69) is 11.4 Å². The fourth-order valence-electron chi connectivity index (χ4n) is 3.89. The Balaban J connectivity index is 1.81. The van der Waals surface area contributed by atoms with Gasteiger partial charge in [-0.2, -0.15) is 5.26 Å². The molecule has 6 heteroatoms. The Hall–Kier alpha value is -1.87. The molecule has 2 N–H and O–H groups in total. The second kappa shape index (κ2) is 7.35. The normalized spacial score (nSPS) is 23.6. The largest absolute Gasteiger partial charge is 0.481 e. The van der Waals surface area contributed by atoms with E-state index in [1.165, 1.54) is 22.6 Å². The Bertz CT molecular complexity index is 689. The number of nitrogens with one attached hydrogen (secondary N) is 1. The molecule has 1 aromatic rings. The summed E-state index contributed by atoms with van der Waals surface area (Å²) in [6.45, 7) is 0. The highest BCUT2D eigenvalue weighted by Crippen LogP contribution is 2.38. The number of fused-ring (bicyclic) bond motifs is 1. The zero-order valence-corrected chi connectivity index (χ0v) is 14.5. The van der Waals surface area contributed by atoms with Crippen LogP contribution in [0.5, 0.6) is 0 Å². The van der Waals surface area contributed by atoms with Gasteiger partial charge in [0.1, 0.15) is 11.1 Å². The molecular formula is C18H22N2O3S. The van der Waals surface area contributed by atoms with Crippen molar-refractivity contribution < 1.29 is 14.7 Å². The van der Waals surface area contributed by atoms with E-state index in [1.54, 1.807) is 0 Å². The van der Waals surface area contributed by atoms with Crippen LogP contribution in [0.3, 0.4) is 0 Å². The van der Waals surface area contributed by atoms with E-state index in [4.69, 9.17) is 0 Å². The predicted molar refractivity (Wildman–Crippen MR) is 92.0 cm³/mol. The topological polar surface area (TPSA) is 90.2 Å². The first-order valence-electron chi connectivity index (χ1n) is 8.70. The van der Waals surface area contributed by atoms with Gasteiger partial charge >= 0.3 is 5.97 Å². The average molecular weight is 346 g/mol. The van der Waals surface area contributed by atoms with Crippen molar-refractivity contribution in [3.8, 4) is 6.07 Å². The second-order valence-electron chi connectivity index (χ2n) is 6.71. The second-order valence-corrected chi connectivity index (χ2v) is 7.81. The van der Waals surface area contributed by atoms with Gasteiger partial charge in [-0.3, -0.25) is 9.59 Å². The summed E-state index contributed by atoms with van der Waals surface area (Å²) in [4.78, 5) is 25.3. The lowest BCUT2D eigenvalue weighted by Crippen LogP contribution is -2.36. The molecule has 5 nitrogen and oxygen atoms in total. The fraction of sp³-hybridized carbons (Fsp3) is 0.611. The predicted octanol–water partition coefficient (Wildman–Crippen LogP) is 3.72. The van der Waals surface area contributed by atoms with Crippen LogP contribution in [0.1, 0.15) is 60.9 Å². The van der Waals surface area contributed by atoms with Crippen LogP contribution in [-0.2, 0) is 22.4 Å². The van der Waals surface area contributed by atoms with Gasteiger partial charge in [-0.1, -0.05) is 19.3 Å². The van der Waals surface area contributed by atoms with E-state index < -0.39 is 17.8 Å². The average Bonchev–Trinajstić information content (AvgIpc) is 2.74. The molecule has 0 bridgehead atoms. The minimum absolute atomic E-state index is 0.241. The van der Waals surface area contributed by atoms with Crippen LogP contribution >= 0.6 is 11.3 Å². The number of rotatable bonds is 3. The van der Waals surface area contributed by atoms with Crippen molar-refractivity contribution in [1.29, 1.82) is 5.26 Å². The molecule has 1 amide bonds. The molecule has 3 rings (SSSR count).